The lowest BCUT2D eigenvalue weighted by Gasteiger charge is -2.10. The molecule has 0 aliphatic rings. The Bertz CT molecular complexity index is 1030. The van der Waals surface area contributed by atoms with Gasteiger partial charge in [0, 0.05) is 5.56 Å². The first-order valence-corrected chi connectivity index (χ1v) is 7.61. The van der Waals surface area contributed by atoms with Crippen LogP contribution in [0.25, 0.3) is 27.7 Å². The Balaban J connectivity index is 2.02. The van der Waals surface area contributed by atoms with Crippen molar-refractivity contribution in [3.63, 3.8) is 0 Å². The molecule has 24 heavy (non-hydrogen) atoms. The molecule has 0 amide bonds. The summed E-state index contributed by atoms with van der Waals surface area (Å²) in [6, 6.07) is 25.2. The highest BCUT2D eigenvalue weighted by Crippen LogP contribution is 2.30. The molecular formula is C20H14N2O2. The van der Waals surface area contributed by atoms with Crippen LogP contribution in [-0.4, -0.2) is 20.9 Å². The molecule has 116 valence electrons. The molecule has 0 aliphatic heterocycles. The summed E-state index contributed by atoms with van der Waals surface area (Å²) >= 11 is 0. The molecule has 1 aromatic heterocycles. The summed E-state index contributed by atoms with van der Waals surface area (Å²) < 4.78 is 1.69. The molecule has 3 aromatic carbocycles. The predicted octanol–water partition coefficient (Wildman–Crippen LogP) is 4.39. The second-order valence-corrected chi connectivity index (χ2v) is 5.49. The minimum absolute atomic E-state index is 0.0294. The van der Waals surface area contributed by atoms with Gasteiger partial charge < -0.3 is 5.11 Å². The van der Waals surface area contributed by atoms with E-state index in [4.69, 9.17) is 0 Å². The van der Waals surface area contributed by atoms with E-state index in [1.807, 2.05) is 72.8 Å². The Morgan fingerprint density at radius 1 is 0.875 bits per heavy atom. The van der Waals surface area contributed by atoms with Crippen molar-refractivity contribution < 1.29 is 9.90 Å². The van der Waals surface area contributed by atoms with Crippen LogP contribution in [0.15, 0.2) is 78.9 Å². The van der Waals surface area contributed by atoms with Gasteiger partial charge in [0.1, 0.15) is 0 Å². The topological polar surface area (TPSA) is 55.1 Å². The van der Waals surface area contributed by atoms with E-state index >= 15 is 0 Å². The van der Waals surface area contributed by atoms with E-state index in [0.29, 0.717) is 0 Å². The summed E-state index contributed by atoms with van der Waals surface area (Å²) in [6.45, 7) is 0. The zero-order chi connectivity index (χ0) is 16.5. The van der Waals surface area contributed by atoms with Crippen molar-refractivity contribution in [3.05, 3.63) is 84.6 Å². The Hall–Kier alpha value is -3.40. The van der Waals surface area contributed by atoms with Gasteiger partial charge in [0.25, 0.3) is 0 Å². The third kappa shape index (κ3) is 2.34. The molecule has 0 bridgehead atoms. The third-order valence-corrected chi connectivity index (χ3v) is 3.99. The molecule has 4 rings (SSSR count). The Labute approximate surface area is 138 Å². The fourth-order valence-corrected chi connectivity index (χ4v) is 2.89. The predicted molar refractivity (Wildman–Crippen MR) is 93.5 cm³/mol. The summed E-state index contributed by atoms with van der Waals surface area (Å²) in [5, 5.41) is 15.8. The normalized spacial score (nSPS) is 10.8. The summed E-state index contributed by atoms with van der Waals surface area (Å²) in [6.07, 6.45) is 0. The van der Waals surface area contributed by atoms with Crippen LogP contribution >= 0.6 is 0 Å². The first-order chi connectivity index (χ1) is 11.7. The van der Waals surface area contributed by atoms with Crippen LogP contribution < -0.4 is 0 Å². The van der Waals surface area contributed by atoms with Gasteiger partial charge in [-0.15, -0.1) is 0 Å². The number of benzene rings is 3. The highest BCUT2D eigenvalue weighted by atomic mass is 16.4. The van der Waals surface area contributed by atoms with Crippen LogP contribution in [0.3, 0.4) is 0 Å². The molecule has 0 radical (unpaired) electrons. The number of aromatic carboxylic acids is 1. The minimum Gasteiger partial charge on any atom is -0.476 e. The average molecular weight is 314 g/mol. The molecule has 4 aromatic rings. The third-order valence-electron chi connectivity index (χ3n) is 3.99. The Morgan fingerprint density at radius 3 is 2.38 bits per heavy atom. The molecule has 0 saturated heterocycles. The molecule has 1 N–H and O–H groups in total. The number of carbonyl (C=O) groups is 1. The van der Waals surface area contributed by atoms with Crippen molar-refractivity contribution in [2.24, 2.45) is 0 Å². The molecule has 0 fully saturated rings. The lowest BCUT2D eigenvalue weighted by atomic mass is 10.0. The Morgan fingerprint density at radius 2 is 1.58 bits per heavy atom. The van der Waals surface area contributed by atoms with Crippen LogP contribution in [0.1, 0.15) is 10.5 Å². The maximum atomic E-state index is 11.4. The van der Waals surface area contributed by atoms with Gasteiger partial charge >= 0.3 is 5.97 Å². The zero-order valence-corrected chi connectivity index (χ0v) is 12.8. The second-order valence-electron chi connectivity index (χ2n) is 5.49. The number of para-hydroxylation sites is 1. The largest absolute Gasteiger partial charge is 0.476 e. The first-order valence-electron chi connectivity index (χ1n) is 7.61. The monoisotopic (exact) mass is 314 g/mol. The summed E-state index contributed by atoms with van der Waals surface area (Å²) in [7, 11) is 0. The van der Waals surface area contributed by atoms with Crippen molar-refractivity contribution >= 4 is 16.7 Å². The van der Waals surface area contributed by atoms with E-state index in [0.717, 1.165) is 27.7 Å². The SMILES string of the molecule is O=C(O)c1cc(-c2cccc3ccccc23)n(-c2ccccc2)n1. The van der Waals surface area contributed by atoms with Crippen LogP contribution in [0.2, 0.25) is 0 Å². The zero-order valence-electron chi connectivity index (χ0n) is 12.8. The van der Waals surface area contributed by atoms with E-state index in [1.165, 1.54) is 0 Å². The van der Waals surface area contributed by atoms with Gasteiger partial charge in [-0.25, -0.2) is 9.48 Å². The van der Waals surface area contributed by atoms with E-state index < -0.39 is 5.97 Å². The van der Waals surface area contributed by atoms with Crippen molar-refractivity contribution in [2.75, 3.05) is 0 Å². The van der Waals surface area contributed by atoms with E-state index in [-0.39, 0.29) is 5.69 Å². The molecule has 0 aliphatic carbocycles. The molecule has 0 unspecified atom stereocenters. The highest BCUT2D eigenvalue weighted by molar-refractivity contribution is 5.97. The smallest absolute Gasteiger partial charge is 0.356 e. The van der Waals surface area contributed by atoms with Crippen LogP contribution in [0.4, 0.5) is 0 Å². The standard InChI is InChI=1S/C20H14N2O2/c23-20(24)18-13-19(22(21-18)15-9-2-1-3-10-15)17-12-6-8-14-7-4-5-11-16(14)17/h1-13H,(H,23,24). The summed E-state index contributed by atoms with van der Waals surface area (Å²) in [4.78, 5) is 11.4. The quantitative estimate of drug-likeness (QED) is 0.610. The van der Waals surface area contributed by atoms with Gasteiger partial charge in [-0.2, -0.15) is 5.10 Å². The van der Waals surface area contributed by atoms with Gasteiger partial charge in [-0.3, -0.25) is 0 Å². The molecule has 4 nitrogen and oxygen atoms in total. The fraction of sp³-hybridized carbons (Fsp3) is 0. The van der Waals surface area contributed by atoms with Gasteiger partial charge in [0.2, 0.25) is 0 Å². The molecule has 0 saturated carbocycles. The van der Waals surface area contributed by atoms with Crippen molar-refractivity contribution in [1.29, 1.82) is 0 Å². The molecule has 0 spiro atoms. The lowest BCUT2D eigenvalue weighted by molar-refractivity contribution is 0.0690. The van der Waals surface area contributed by atoms with Crippen LogP contribution in [0, 0.1) is 0 Å². The van der Waals surface area contributed by atoms with Crippen molar-refractivity contribution in [3.8, 4) is 16.9 Å². The maximum Gasteiger partial charge on any atom is 0.356 e. The van der Waals surface area contributed by atoms with Gasteiger partial charge in [-0.05, 0) is 29.0 Å². The molecule has 0 atom stereocenters. The molecular weight excluding hydrogens is 300 g/mol. The highest BCUT2D eigenvalue weighted by Gasteiger charge is 2.17. The number of nitrogens with zero attached hydrogens (tertiary/aromatic N) is 2. The van der Waals surface area contributed by atoms with Crippen molar-refractivity contribution in [2.45, 2.75) is 0 Å². The van der Waals surface area contributed by atoms with Crippen LogP contribution in [0.5, 0.6) is 0 Å². The number of carboxylic acids is 1. The van der Waals surface area contributed by atoms with Crippen molar-refractivity contribution in [1.82, 2.24) is 9.78 Å². The fourth-order valence-electron chi connectivity index (χ4n) is 2.89. The minimum atomic E-state index is -1.04. The molecule has 1 heterocycles. The van der Waals surface area contributed by atoms with Crippen LogP contribution in [-0.2, 0) is 0 Å². The lowest BCUT2D eigenvalue weighted by Crippen LogP contribution is -2.02. The second kappa shape index (κ2) is 5.66. The van der Waals surface area contributed by atoms with E-state index in [9.17, 15) is 9.90 Å². The van der Waals surface area contributed by atoms with Gasteiger partial charge in [-0.1, -0.05) is 60.7 Å². The average Bonchev–Trinajstić information content (AvgIpc) is 3.07. The summed E-state index contributed by atoms with van der Waals surface area (Å²) in [5.41, 5.74) is 2.57. The number of carboxylic acid groups (broad SMARTS) is 1. The van der Waals surface area contributed by atoms with E-state index in [1.54, 1.807) is 10.7 Å². The molecule has 4 heteroatoms. The number of rotatable bonds is 3. The number of fused-ring (bicyclic) bond motifs is 1. The number of aromatic nitrogens is 2. The summed E-state index contributed by atoms with van der Waals surface area (Å²) in [5.74, 6) is -1.04. The van der Waals surface area contributed by atoms with Gasteiger partial charge in [0.15, 0.2) is 5.69 Å². The maximum absolute atomic E-state index is 11.4. The first kappa shape index (κ1) is 14.2. The number of hydrogen-bond acceptors (Lipinski definition) is 2. The Kier molecular flexibility index (Phi) is 3.35. The van der Waals surface area contributed by atoms with E-state index in [2.05, 4.69) is 5.10 Å². The number of hydrogen-bond donors (Lipinski definition) is 1. The van der Waals surface area contributed by atoms with Gasteiger partial charge in [0.05, 0.1) is 11.4 Å².